The number of fused-ring (bicyclic) bond motifs is 5. The van der Waals surface area contributed by atoms with E-state index in [9.17, 15) is 9.59 Å². The lowest BCUT2D eigenvalue weighted by molar-refractivity contribution is -0.165. The minimum atomic E-state index is -1.01. The Morgan fingerprint density at radius 1 is 1.13 bits per heavy atom. The molecule has 1 fully saturated rings. The van der Waals surface area contributed by atoms with E-state index in [2.05, 4.69) is 4.98 Å². The van der Waals surface area contributed by atoms with Crippen LogP contribution in [0.3, 0.4) is 0 Å². The van der Waals surface area contributed by atoms with Crippen LogP contribution in [0.2, 0.25) is 0 Å². The molecule has 1 aromatic heterocycles. The van der Waals surface area contributed by atoms with Gasteiger partial charge in [-0.3, -0.25) is 9.59 Å². The number of nitrogens with zero attached hydrogens (tertiary/aromatic N) is 2. The summed E-state index contributed by atoms with van der Waals surface area (Å²) in [5, 5.41) is 1.06. The van der Waals surface area contributed by atoms with Crippen LogP contribution in [0.4, 0.5) is 0 Å². The van der Waals surface area contributed by atoms with Gasteiger partial charge in [0, 0.05) is 24.0 Å². The number of hydrogen-bond acceptors (Lipinski definition) is 3. The summed E-state index contributed by atoms with van der Waals surface area (Å²) < 4.78 is 5.39. The molecule has 1 atom stereocenters. The molecule has 2 aliphatic heterocycles. The van der Waals surface area contributed by atoms with E-state index < -0.39 is 5.54 Å². The fourth-order valence-electron chi connectivity index (χ4n) is 4.93. The number of carbonyl (C=O) groups excluding carboxylic acids is 2. The van der Waals surface area contributed by atoms with Crippen molar-refractivity contribution in [1.82, 2.24) is 14.8 Å². The molecule has 0 aliphatic carbocycles. The molecule has 0 unspecified atom stereocenters. The molecule has 3 heterocycles. The van der Waals surface area contributed by atoms with E-state index >= 15 is 0 Å². The minimum absolute atomic E-state index is 0.00653. The van der Waals surface area contributed by atoms with Gasteiger partial charge < -0.3 is 19.5 Å². The standard InChI is InChI=1S/C24H25N3O3/c1-24-22-18(19-14-17(30-2)8-9-20(19)25-22)11-13-27(24)21(28)15-26(23(24)29)12-10-16-6-4-3-5-7-16/h3-9,14,25H,10-13,15H2,1-2H3/t24-/m0/s1. The average Bonchev–Trinajstić information content (AvgIpc) is 3.15. The van der Waals surface area contributed by atoms with Crippen LogP contribution in [0.25, 0.3) is 10.9 Å². The van der Waals surface area contributed by atoms with Crippen LogP contribution in [-0.2, 0) is 28.0 Å². The number of nitrogens with one attached hydrogen (secondary N) is 1. The summed E-state index contributed by atoms with van der Waals surface area (Å²) in [6.07, 6.45) is 1.45. The minimum Gasteiger partial charge on any atom is -0.497 e. The number of ether oxygens (including phenoxy) is 1. The number of benzene rings is 2. The lowest BCUT2D eigenvalue weighted by Crippen LogP contribution is -2.67. The summed E-state index contributed by atoms with van der Waals surface area (Å²) >= 11 is 0. The first-order chi connectivity index (χ1) is 14.5. The fourth-order valence-corrected chi connectivity index (χ4v) is 4.93. The van der Waals surface area contributed by atoms with E-state index in [4.69, 9.17) is 4.74 Å². The van der Waals surface area contributed by atoms with E-state index in [1.807, 2.05) is 55.5 Å². The Morgan fingerprint density at radius 2 is 1.93 bits per heavy atom. The van der Waals surface area contributed by atoms with Crippen molar-refractivity contribution in [1.29, 1.82) is 0 Å². The molecule has 6 heteroatoms. The summed E-state index contributed by atoms with van der Waals surface area (Å²) in [5.41, 5.74) is 3.05. The van der Waals surface area contributed by atoms with Gasteiger partial charge >= 0.3 is 0 Å². The molecule has 0 bridgehead atoms. The van der Waals surface area contributed by atoms with Crippen LogP contribution in [0.1, 0.15) is 23.7 Å². The van der Waals surface area contributed by atoms with Crippen molar-refractivity contribution in [2.75, 3.05) is 26.7 Å². The highest BCUT2D eigenvalue weighted by molar-refractivity contribution is 6.00. The summed E-state index contributed by atoms with van der Waals surface area (Å²) in [4.78, 5) is 33.6. The van der Waals surface area contributed by atoms with Crippen molar-refractivity contribution in [2.45, 2.75) is 25.3 Å². The number of carbonyl (C=O) groups is 2. The number of H-pyrrole nitrogens is 1. The third-order valence-corrected chi connectivity index (χ3v) is 6.57. The fraction of sp³-hybridized carbons (Fsp3) is 0.333. The number of aromatic amines is 1. The maximum atomic E-state index is 13.7. The zero-order valence-corrected chi connectivity index (χ0v) is 17.3. The summed E-state index contributed by atoms with van der Waals surface area (Å²) in [7, 11) is 1.65. The zero-order chi connectivity index (χ0) is 20.9. The lowest BCUT2D eigenvalue weighted by Gasteiger charge is -2.49. The molecular formula is C24H25N3O3. The Morgan fingerprint density at radius 3 is 2.70 bits per heavy atom. The molecule has 1 saturated heterocycles. The molecule has 1 N–H and O–H groups in total. The highest BCUT2D eigenvalue weighted by Gasteiger charge is 2.53. The Balaban J connectivity index is 1.53. The third kappa shape index (κ3) is 2.70. The average molecular weight is 403 g/mol. The zero-order valence-electron chi connectivity index (χ0n) is 17.3. The number of hydrogen-bond donors (Lipinski definition) is 1. The molecular weight excluding hydrogens is 378 g/mol. The van der Waals surface area contributed by atoms with Crippen molar-refractivity contribution in [3.8, 4) is 5.75 Å². The second-order valence-corrected chi connectivity index (χ2v) is 8.22. The molecule has 2 amide bonds. The summed E-state index contributed by atoms with van der Waals surface area (Å²) in [5.74, 6) is 0.775. The monoisotopic (exact) mass is 403 g/mol. The van der Waals surface area contributed by atoms with E-state index in [-0.39, 0.29) is 18.4 Å². The largest absolute Gasteiger partial charge is 0.497 e. The van der Waals surface area contributed by atoms with E-state index in [0.717, 1.165) is 46.3 Å². The van der Waals surface area contributed by atoms with Crippen molar-refractivity contribution in [3.05, 3.63) is 65.4 Å². The van der Waals surface area contributed by atoms with Gasteiger partial charge in [-0.25, -0.2) is 0 Å². The topological polar surface area (TPSA) is 65.6 Å². The van der Waals surface area contributed by atoms with Crippen LogP contribution in [0.5, 0.6) is 5.75 Å². The van der Waals surface area contributed by atoms with Crippen molar-refractivity contribution in [2.24, 2.45) is 0 Å². The lowest BCUT2D eigenvalue weighted by atomic mass is 9.83. The van der Waals surface area contributed by atoms with Gasteiger partial charge in [0.2, 0.25) is 5.91 Å². The van der Waals surface area contributed by atoms with Crippen LogP contribution < -0.4 is 4.74 Å². The smallest absolute Gasteiger partial charge is 0.254 e. The van der Waals surface area contributed by atoms with E-state index in [1.165, 1.54) is 0 Å². The van der Waals surface area contributed by atoms with Gasteiger partial charge in [0.15, 0.2) is 5.54 Å². The third-order valence-electron chi connectivity index (χ3n) is 6.57. The van der Waals surface area contributed by atoms with Crippen molar-refractivity contribution >= 4 is 22.7 Å². The van der Waals surface area contributed by atoms with Gasteiger partial charge in [0.05, 0.1) is 19.3 Å². The molecule has 154 valence electrons. The summed E-state index contributed by atoms with van der Waals surface area (Å²) in [6.45, 7) is 3.10. The SMILES string of the molecule is COc1ccc2[nH]c3c(c2c1)CCN1C(=O)CN(CCc2ccccc2)C(=O)[C@]31C. The Labute approximate surface area is 175 Å². The van der Waals surface area contributed by atoms with E-state index in [1.54, 1.807) is 16.9 Å². The summed E-state index contributed by atoms with van der Waals surface area (Å²) in [6, 6.07) is 16.0. The Kier molecular flexibility index (Phi) is 4.31. The van der Waals surface area contributed by atoms with Gasteiger partial charge in [-0.05, 0) is 49.1 Å². The molecule has 30 heavy (non-hydrogen) atoms. The van der Waals surface area contributed by atoms with Gasteiger partial charge in [-0.1, -0.05) is 30.3 Å². The number of aromatic nitrogens is 1. The molecule has 3 aromatic rings. The van der Waals surface area contributed by atoms with Crippen LogP contribution in [-0.4, -0.2) is 53.3 Å². The molecule has 5 rings (SSSR count). The van der Waals surface area contributed by atoms with Crippen LogP contribution in [0, 0.1) is 0 Å². The first-order valence-electron chi connectivity index (χ1n) is 10.3. The second kappa shape index (κ2) is 6.90. The van der Waals surface area contributed by atoms with Gasteiger partial charge in [0.1, 0.15) is 5.75 Å². The Hall–Kier alpha value is -3.28. The molecule has 2 aromatic carbocycles. The highest BCUT2D eigenvalue weighted by Crippen LogP contribution is 2.42. The number of amides is 2. The first-order valence-corrected chi connectivity index (χ1v) is 10.3. The normalized spacial score (nSPS) is 21.0. The molecule has 0 saturated carbocycles. The van der Waals surface area contributed by atoms with Crippen LogP contribution >= 0.6 is 0 Å². The maximum absolute atomic E-state index is 13.7. The molecule has 0 spiro atoms. The number of rotatable bonds is 4. The quantitative estimate of drug-likeness (QED) is 0.729. The van der Waals surface area contributed by atoms with Gasteiger partial charge in [-0.2, -0.15) is 0 Å². The molecule has 2 aliphatic rings. The van der Waals surface area contributed by atoms with Gasteiger partial charge in [-0.15, -0.1) is 0 Å². The predicted octanol–water partition coefficient (Wildman–Crippen LogP) is 2.86. The van der Waals surface area contributed by atoms with Gasteiger partial charge in [0.25, 0.3) is 5.91 Å². The van der Waals surface area contributed by atoms with E-state index in [0.29, 0.717) is 13.1 Å². The molecule has 0 radical (unpaired) electrons. The second-order valence-electron chi connectivity index (χ2n) is 8.22. The predicted molar refractivity (Wildman–Crippen MR) is 114 cm³/mol. The number of piperazine rings is 1. The van der Waals surface area contributed by atoms with Crippen molar-refractivity contribution < 1.29 is 14.3 Å². The first kappa shape index (κ1) is 18.7. The maximum Gasteiger partial charge on any atom is 0.254 e. The highest BCUT2D eigenvalue weighted by atomic mass is 16.5. The van der Waals surface area contributed by atoms with Crippen molar-refractivity contribution in [3.63, 3.8) is 0 Å². The van der Waals surface area contributed by atoms with Crippen LogP contribution in [0.15, 0.2) is 48.5 Å². The molecule has 6 nitrogen and oxygen atoms in total. The number of methoxy groups -OCH3 is 1. The Bertz CT molecular complexity index is 1140.